The van der Waals surface area contributed by atoms with E-state index >= 15 is 0 Å². The summed E-state index contributed by atoms with van der Waals surface area (Å²) in [6.45, 7) is 3.31. The van der Waals surface area contributed by atoms with E-state index in [0.717, 1.165) is 17.3 Å². The van der Waals surface area contributed by atoms with E-state index in [1.54, 1.807) is 0 Å². The third-order valence-corrected chi connectivity index (χ3v) is 3.38. The average Bonchev–Trinajstić information content (AvgIpc) is 1.99. The van der Waals surface area contributed by atoms with Crippen LogP contribution < -0.4 is 0 Å². The topological polar surface area (TPSA) is 26.3 Å². The second-order valence-corrected chi connectivity index (χ2v) is 4.25. The molecule has 4 heteroatoms. The van der Waals surface area contributed by atoms with Gasteiger partial charge in [-0.05, 0) is 19.8 Å². The highest BCUT2D eigenvalue weighted by atomic mass is 127. The van der Waals surface area contributed by atoms with E-state index in [2.05, 4.69) is 22.6 Å². The lowest BCUT2D eigenvalue weighted by Gasteiger charge is -2.12. The van der Waals surface area contributed by atoms with Crippen LogP contribution in [0.4, 0.5) is 0 Å². The molecule has 0 aliphatic carbocycles. The molecule has 0 spiro atoms. The maximum Gasteiger partial charge on any atom is 0.302 e. The molecule has 0 aromatic carbocycles. The predicted octanol–water partition coefficient (Wildman–Crippen LogP) is 2.76. The van der Waals surface area contributed by atoms with Crippen molar-refractivity contribution in [3.8, 4) is 0 Å². The van der Waals surface area contributed by atoms with Crippen LogP contribution in [0.15, 0.2) is 0 Å². The van der Waals surface area contributed by atoms with Gasteiger partial charge in [-0.25, -0.2) is 0 Å². The minimum absolute atomic E-state index is 0.00769. The number of halogens is 2. The maximum absolute atomic E-state index is 10.5. The zero-order valence-corrected chi connectivity index (χ0v) is 10.3. The van der Waals surface area contributed by atoms with Gasteiger partial charge in [-0.1, -0.05) is 22.6 Å². The van der Waals surface area contributed by atoms with Crippen molar-refractivity contribution < 1.29 is 9.53 Å². The number of hydrogen-bond acceptors (Lipinski definition) is 2. The molecule has 2 nitrogen and oxygen atoms in total. The lowest BCUT2D eigenvalue weighted by Crippen LogP contribution is -2.14. The van der Waals surface area contributed by atoms with Crippen molar-refractivity contribution in [3.05, 3.63) is 0 Å². The molecule has 0 aliphatic heterocycles. The van der Waals surface area contributed by atoms with E-state index in [4.69, 9.17) is 16.3 Å². The second-order valence-electron chi connectivity index (χ2n) is 2.75. The number of hydrogen-bond donors (Lipinski definition) is 0. The Balaban J connectivity index is 3.43. The molecule has 0 saturated heterocycles. The van der Waals surface area contributed by atoms with Gasteiger partial charge in [0.15, 0.2) is 0 Å². The lowest BCUT2D eigenvalue weighted by atomic mass is 10.2. The number of carbonyl (C=O) groups excluding carboxylic acids is 1. The minimum atomic E-state index is -0.219. The lowest BCUT2D eigenvalue weighted by molar-refractivity contribution is -0.145. The minimum Gasteiger partial charge on any atom is -0.463 e. The van der Waals surface area contributed by atoms with Crippen LogP contribution in [0.5, 0.6) is 0 Å². The van der Waals surface area contributed by atoms with Crippen molar-refractivity contribution in [2.24, 2.45) is 0 Å². The molecule has 0 aromatic rings. The summed E-state index contributed by atoms with van der Waals surface area (Å²) in [6.07, 6.45) is 1.74. The van der Waals surface area contributed by atoms with Crippen molar-refractivity contribution >= 4 is 40.2 Å². The smallest absolute Gasteiger partial charge is 0.302 e. The Morgan fingerprint density at radius 3 is 2.58 bits per heavy atom. The SMILES string of the molecule is CC(=O)OC(C)CCC(Cl)CI. The van der Waals surface area contributed by atoms with E-state index in [9.17, 15) is 4.79 Å². The Labute approximate surface area is 92.1 Å². The Morgan fingerprint density at radius 2 is 2.17 bits per heavy atom. The largest absolute Gasteiger partial charge is 0.463 e. The summed E-state index contributed by atoms with van der Waals surface area (Å²) in [5.74, 6) is -0.219. The van der Waals surface area contributed by atoms with E-state index in [0.29, 0.717) is 0 Å². The Bertz CT molecular complexity index is 141. The molecule has 0 bridgehead atoms. The van der Waals surface area contributed by atoms with Gasteiger partial charge >= 0.3 is 5.97 Å². The Morgan fingerprint density at radius 1 is 1.58 bits per heavy atom. The number of esters is 1. The van der Waals surface area contributed by atoms with Crippen LogP contribution in [0.3, 0.4) is 0 Å². The van der Waals surface area contributed by atoms with Crippen LogP contribution in [0.2, 0.25) is 0 Å². The molecule has 0 aliphatic rings. The molecule has 0 N–H and O–H groups in total. The number of alkyl halides is 2. The zero-order valence-electron chi connectivity index (χ0n) is 7.35. The van der Waals surface area contributed by atoms with Crippen LogP contribution in [0.25, 0.3) is 0 Å². The monoisotopic (exact) mass is 304 g/mol. The normalized spacial score (nSPS) is 15.3. The van der Waals surface area contributed by atoms with Gasteiger partial charge in [0.2, 0.25) is 0 Å². The van der Waals surface area contributed by atoms with Crippen molar-refractivity contribution in [1.82, 2.24) is 0 Å². The highest BCUT2D eigenvalue weighted by molar-refractivity contribution is 14.1. The van der Waals surface area contributed by atoms with E-state index in [1.165, 1.54) is 6.92 Å². The Kier molecular flexibility index (Phi) is 7.23. The summed E-state index contributed by atoms with van der Waals surface area (Å²) >= 11 is 8.14. The fraction of sp³-hybridized carbons (Fsp3) is 0.875. The first-order chi connectivity index (χ1) is 5.56. The maximum atomic E-state index is 10.5. The quantitative estimate of drug-likeness (QED) is 0.443. The molecule has 72 valence electrons. The van der Waals surface area contributed by atoms with Crippen LogP contribution in [-0.4, -0.2) is 21.9 Å². The zero-order chi connectivity index (χ0) is 9.56. The number of ether oxygens (including phenoxy) is 1. The van der Waals surface area contributed by atoms with Crippen molar-refractivity contribution in [1.29, 1.82) is 0 Å². The molecule has 0 heterocycles. The molecule has 2 unspecified atom stereocenters. The van der Waals surface area contributed by atoms with Gasteiger partial charge in [-0.3, -0.25) is 4.79 Å². The summed E-state index contributed by atoms with van der Waals surface area (Å²) in [6, 6.07) is 0. The van der Waals surface area contributed by atoms with Crippen molar-refractivity contribution in [2.45, 2.75) is 38.2 Å². The van der Waals surface area contributed by atoms with Gasteiger partial charge in [0, 0.05) is 16.7 Å². The van der Waals surface area contributed by atoms with Crippen LogP contribution in [0.1, 0.15) is 26.7 Å². The standard InChI is InChI=1S/C8H14ClIO2/c1-6(12-7(2)11)3-4-8(9)5-10/h6,8H,3-5H2,1-2H3. The van der Waals surface area contributed by atoms with Crippen LogP contribution >= 0.6 is 34.2 Å². The van der Waals surface area contributed by atoms with E-state index in [-0.39, 0.29) is 17.5 Å². The molecular weight excluding hydrogens is 290 g/mol. The van der Waals surface area contributed by atoms with Gasteiger partial charge in [-0.2, -0.15) is 0 Å². The fourth-order valence-corrected chi connectivity index (χ4v) is 1.40. The first-order valence-corrected chi connectivity index (χ1v) is 5.89. The van der Waals surface area contributed by atoms with Gasteiger partial charge in [0.05, 0.1) is 6.10 Å². The third kappa shape index (κ3) is 7.16. The first kappa shape index (κ1) is 12.5. The summed E-state index contributed by atoms with van der Waals surface area (Å²) in [5, 5.41) is 0.198. The molecular formula is C8H14ClIO2. The number of rotatable bonds is 5. The van der Waals surface area contributed by atoms with E-state index < -0.39 is 0 Å². The highest BCUT2D eigenvalue weighted by Gasteiger charge is 2.08. The Hall–Kier alpha value is 0.490. The summed E-state index contributed by atoms with van der Waals surface area (Å²) in [7, 11) is 0. The summed E-state index contributed by atoms with van der Waals surface area (Å²) < 4.78 is 5.88. The van der Waals surface area contributed by atoms with Crippen molar-refractivity contribution in [2.75, 3.05) is 4.43 Å². The molecule has 0 rings (SSSR count). The predicted molar refractivity (Wildman–Crippen MR) is 59.0 cm³/mol. The molecule has 0 fully saturated rings. The van der Waals surface area contributed by atoms with Gasteiger partial charge in [-0.15, -0.1) is 11.6 Å². The van der Waals surface area contributed by atoms with Gasteiger partial charge < -0.3 is 4.74 Å². The third-order valence-electron chi connectivity index (χ3n) is 1.42. The summed E-state index contributed by atoms with van der Waals surface area (Å²) in [5.41, 5.74) is 0. The second kappa shape index (κ2) is 6.95. The molecule has 0 amide bonds. The van der Waals surface area contributed by atoms with Crippen LogP contribution in [-0.2, 0) is 9.53 Å². The molecule has 0 aromatic heterocycles. The molecule has 2 atom stereocenters. The van der Waals surface area contributed by atoms with Gasteiger partial charge in [0.1, 0.15) is 0 Å². The van der Waals surface area contributed by atoms with Crippen molar-refractivity contribution in [3.63, 3.8) is 0 Å². The number of carbonyl (C=O) groups is 1. The first-order valence-electron chi connectivity index (χ1n) is 3.93. The molecule has 0 radical (unpaired) electrons. The highest BCUT2D eigenvalue weighted by Crippen LogP contribution is 2.12. The average molecular weight is 305 g/mol. The summed E-state index contributed by atoms with van der Waals surface area (Å²) in [4.78, 5) is 10.5. The van der Waals surface area contributed by atoms with Crippen LogP contribution in [0, 0.1) is 0 Å². The van der Waals surface area contributed by atoms with Gasteiger partial charge in [0.25, 0.3) is 0 Å². The molecule has 0 saturated carbocycles. The fourth-order valence-electron chi connectivity index (χ4n) is 0.835. The molecule has 12 heavy (non-hydrogen) atoms. The van der Waals surface area contributed by atoms with E-state index in [1.807, 2.05) is 6.92 Å².